The number of carbonyl (C=O) groups is 1. The zero-order valence-corrected chi connectivity index (χ0v) is 8.49. The fourth-order valence-corrected chi connectivity index (χ4v) is 1.37. The van der Waals surface area contributed by atoms with Crippen LogP contribution in [0.5, 0.6) is 5.75 Å². The number of rotatable bonds is 1. The predicted molar refractivity (Wildman–Crippen MR) is 52.5 cm³/mol. The van der Waals surface area contributed by atoms with Crippen LogP contribution in [-0.2, 0) is 0 Å². The van der Waals surface area contributed by atoms with E-state index in [4.69, 9.17) is 5.11 Å². The van der Waals surface area contributed by atoms with Gasteiger partial charge in [-0.25, -0.2) is 4.79 Å². The number of hydrogen-bond donors (Lipinski definition) is 2. The molecule has 0 aliphatic carbocycles. The topological polar surface area (TPSA) is 57.5 Å². The van der Waals surface area contributed by atoms with Gasteiger partial charge in [0.25, 0.3) is 0 Å². The van der Waals surface area contributed by atoms with Crippen LogP contribution in [-0.4, -0.2) is 16.2 Å². The van der Waals surface area contributed by atoms with Crippen molar-refractivity contribution in [1.29, 1.82) is 0 Å². The third kappa shape index (κ3) is 1.52. The van der Waals surface area contributed by atoms with Gasteiger partial charge in [0, 0.05) is 0 Å². The summed E-state index contributed by atoms with van der Waals surface area (Å²) in [5, 5.41) is 17.9. The molecule has 12 heavy (non-hydrogen) atoms. The summed E-state index contributed by atoms with van der Waals surface area (Å²) in [6, 6.07) is 2.79. The fraction of sp³-hybridized carbons (Fsp3) is 0.125. The number of aromatic hydroxyl groups is 1. The molecule has 1 aromatic carbocycles. The number of aromatic carboxylic acids is 1. The van der Waals surface area contributed by atoms with Gasteiger partial charge >= 0.3 is 5.97 Å². The highest BCUT2D eigenvalue weighted by atomic mass is 127. The standard InChI is InChI=1S/C8H7IO3/c1-4-5(8(11)12)2-3-6(10)7(4)9/h2-3,10H,1H3,(H,11,12). The number of phenols is 1. The molecule has 0 atom stereocenters. The van der Waals surface area contributed by atoms with Crippen molar-refractivity contribution >= 4 is 28.6 Å². The minimum absolute atomic E-state index is 0.123. The molecule has 0 fully saturated rings. The van der Waals surface area contributed by atoms with E-state index < -0.39 is 5.97 Å². The number of hydrogen-bond acceptors (Lipinski definition) is 2. The molecular weight excluding hydrogens is 271 g/mol. The maximum Gasteiger partial charge on any atom is 0.335 e. The van der Waals surface area contributed by atoms with Gasteiger partial charge in [-0.1, -0.05) is 0 Å². The molecule has 0 amide bonds. The third-order valence-electron chi connectivity index (χ3n) is 1.60. The summed E-state index contributed by atoms with van der Waals surface area (Å²) < 4.78 is 0.590. The molecule has 1 aromatic rings. The van der Waals surface area contributed by atoms with Crippen molar-refractivity contribution in [2.24, 2.45) is 0 Å². The first-order valence-corrected chi connectivity index (χ1v) is 4.33. The van der Waals surface area contributed by atoms with Crippen molar-refractivity contribution in [2.75, 3.05) is 0 Å². The second-order valence-corrected chi connectivity index (χ2v) is 3.46. The summed E-state index contributed by atoms with van der Waals surface area (Å²) >= 11 is 1.91. The van der Waals surface area contributed by atoms with Crippen molar-refractivity contribution in [1.82, 2.24) is 0 Å². The molecule has 0 bridgehead atoms. The van der Waals surface area contributed by atoms with Crippen LogP contribution >= 0.6 is 22.6 Å². The van der Waals surface area contributed by atoms with Crippen molar-refractivity contribution in [3.05, 3.63) is 26.8 Å². The molecule has 0 radical (unpaired) electrons. The van der Waals surface area contributed by atoms with Crippen molar-refractivity contribution < 1.29 is 15.0 Å². The molecule has 64 valence electrons. The van der Waals surface area contributed by atoms with Crippen LogP contribution in [0.4, 0.5) is 0 Å². The summed E-state index contributed by atoms with van der Waals surface area (Å²) in [4.78, 5) is 10.6. The molecule has 0 aromatic heterocycles. The number of benzene rings is 1. The highest BCUT2D eigenvalue weighted by molar-refractivity contribution is 14.1. The van der Waals surface area contributed by atoms with Crippen LogP contribution in [0.2, 0.25) is 0 Å². The second-order valence-electron chi connectivity index (χ2n) is 2.38. The van der Waals surface area contributed by atoms with Crippen molar-refractivity contribution in [3.63, 3.8) is 0 Å². The number of carboxylic acid groups (broad SMARTS) is 1. The average Bonchev–Trinajstić information content (AvgIpc) is 2.00. The van der Waals surface area contributed by atoms with Crippen LogP contribution in [0, 0.1) is 10.5 Å². The smallest absolute Gasteiger partial charge is 0.335 e. The number of halogens is 1. The summed E-state index contributed by atoms with van der Waals surface area (Å²) in [6.45, 7) is 1.67. The summed E-state index contributed by atoms with van der Waals surface area (Å²) in [7, 11) is 0. The Hall–Kier alpha value is -0.780. The van der Waals surface area contributed by atoms with Gasteiger partial charge in [-0.2, -0.15) is 0 Å². The van der Waals surface area contributed by atoms with E-state index in [2.05, 4.69) is 0 Å². The SMILES string of the molecule is Cc1c(C(=O)O)ccc(O)c1I. The zero-order chi connectivity index (χ0) is 9.30. The first-order chi connectivity index (χ1) is 5.54. The highest BCUT2D eigenvalue weighted by Gasteiger charge is 2.11. The third-order valence-corrected chi connectivity index (χ3v) is 2.96. The van der Waals surface area contributed by atoms with Crippen LogP contribution in [0.25, 0.3) is 0 Å². The molecule has 0 spiro atoms. The summed E-state index contributed by atoms with van der Waals surface area (Å²) in [6.07, 6.45) is 0. The van der Waals surface area contributed by atoms with E-state index in [9.17, 15) is 9.90 Å². The Balaban J connectivity index is 3.36. The monoisotopic (exact) mass is 278 g/mol. The van der Waals surface area contributed by atoms with Crippen LogP contribution in [0.3, 0.4) is 0 Å². The van der Waals surface area contributed by atoms with E-state index in [1.54, 1.807) is 6.92 Å². The zero-order valence-electron chi connectivity index (χ0n) is 6.34. The maximum absolute atomic E-state index is 10.6. The second kappa shape index (κ2) is 3.30. The van der Waals surface area contributed by atoms with E-state index in [-0.39, 0.29) is 11.3 Å². The Kier molecular flexibility index (Phi) is 2.56. The first kappa shape index (κ1) is 9.31. The van der Waals surface area contributed by atoms with Gasteiger partial charge in [0.15, 0.2) is 0 Å². The normalized spacial score (nSPS) is 9.83. The van der Waals surface area contributed by atoms with Gasteiger partial charge in [-0.05, 0) is 47.2 Å². The molecule has 2 N–H and O–H groups in total. The van der Waals surface area contributed by atoms with E-state index in [0.717, 1.165) is 0 Å². The summed E-state index contributed by atoms with van der Waals surface area (Å²) in [5.74, 6) is -0.844. The molecule has 0 unspecified atom stereocenters. The van der Waals surface area contributed by atoms with Gasteiger partial charge in [0.1, 0.15) is 5.75 Å². The Labute approximate surface area is 83.2 Å². The van der Waals surface area contributed by atoms with Crippen LogP contribution < -0.4 is 0 Å². The largest absolute Gasteiger partial charge is 0.507 e. The average molecular weight is 278 g/mol. The van der Waals surface area contributed by atoms with Gasteiger partial charge < -0.3 is 10.2 Å². The molecule has 0 heterocycles. The quantitative estimate of drug-likeness (QED) is 0.772. The Morgan fingerprint density at radius 3 is 2.58 bits per heavy atom. The molecule has 0 saturated heterocycles. The lowest BCUT2D eigenvalue weighted by Gasteiger charge is -2.04. The van der Waals surface area contributed by atoms with Gasteiger partial charge in [-0.3, -0.25) is 0 Å². The van der Waals surface area contributed by atoms with Gasteiger partial charge in [0.2, 0.25) is 0 Å². The van der Waals surface area contributed by atoms with Gasteiger partial charge in [0.05, 0.1) is 9.13 Å². The maximum atomic E-state index is 10.6. The Bertz CT molecular complexity index is 333. The molecule has 0 aliphatic heterocycles. The fourth-order valence-electron chi connectivity index (χ4n) is 0.902. The van der Waals surface area contributed by atoms with Crippen LogP contribution in [0.15, 0.2) is 12.1 Å². The first-order valence-electron chi connectivity index (χ1n) is 3.25. The molecule has 1 rings (SSSR count). The van der Waals surface area contributed by atoms with E-state index in [1.807, 2.05) is 22.6 Å². The number of phenolic OH excluding ortho intramolecular Hbond substituents is 1. The van der Waals surface area contributed by atoms with E-state index in [0.29, 0.717) is 9.13 Å². The molecule has 4 heteroatoms. The Morgan fingerprint density at radius 2 is 2.08 bits per heavy atom. The lowest BCUT2D eigenvalue weighted by Crippen LogP contribution is -2.00. The van der Waals surface area contributed by atoms with Gasteiger partial charge in [-0.15, -0.1) is 0 Å². The highest BCUT2D eigenvalue weighted by Crippen LogP contribution is 2.25. The van der Waals surface area contributed by atoms with Crippen molar-refractivity contribution in [3.8, 4) is 5.75 Å². The molecule has 0 saturated carbocycles. The molecule has 3 nitrogen and oxygen atoms in total. The lowest BCUT2D eigenvalue weighted by atomic mass is 10.1. The molecule has 0 aliphatic rings. The lowest BCUT2D eigenvalue weighted by molar-refractivity contribution is 0.0696. The van der Waals surface area contributed by atoms with E-state index >= 15 is 0 Å². The van der Waals surface area contributed by atoms with Crippen LogP contribution in [0.1, 0.15) is 15.9 Å². The van der Waals surface area contributed by atoms with E-state index in [1.165, 1.54) is 12.1 Å². The molecular formula is C8H7IO3. The Morgan fingerprint density at radius 1 is 1.50 bits per heavy atom. The minimum Gasteiger partial charge on any atom is -0.507 e. The minimum atomic E-state index is -0.967. The van der Waals surface area contributed by atoms with Crippen molar-refractivity contribution in [2.45, 2.75) is 6.92 Å². The number of carboxylic acids is 1. The predicted octanol–water partition coefficient (Wildman–Crippen LogP) is 2.00. The summed E-state index contributed by atoms with van der Waals surface area (Å²) in [5.41, 5.74) is 0.834.